The number of rotatable bonds is 0. The summed E-state index contributed by atoms with van der Waals surface area (Å²) in [5.41, 5.74) is 1.53. The van der Waals surface area contributed by atoms with Crippen LogP contribution in [0.15, 0.2) is 24.3 Å². The van der Waals surface area contributed by atoms with Gasteiger partial charge < -0.3 is 5.32 Å². The Morgan fingerprint density at radius 2 is 1.14 bits per heavy atom. The van der Waals surface area contributed by atoms with Gasteiger partial charge in [-0.05, 0) is 37.1 Å². The predicted octanol–water partition coefficient (Wildman–Crippen LogP) is 5.11. The first-order chi connectivity index (χ1) is 10.8. The fraction of sp³-hybridized carbons (Fsp3) is 0.579. The zero-order valence-corrected chi connectivity index (χ0v) is 13.4. The zero-order valence-electron chi connectivity index (χ0n) is 13.4. The van der Waals surface area contributed by atoms with Gasteiger partial charge in [0.1, 0.15) is 0 Å². The van der Waals surface area contributed by atoms with Crippen LogP contribution in [-0.2, 0) is 4.79 Å². The van der Waals surface area contributed by atoms with Crippen molar-refractivity contribution >= 4 is 17.4 Å². The van der Waals surface area contributed by atoms with Gasteiger partial charge in [0.25, 0.3) is 0 Å². The third-order valence-electron chi connectivity index (χ3n) is 4.30. The monoisotopic (exact) mass is 301 g/mol. The first-order valence-electron chi connectivity index (χ1n) is 8.69. The average Bonchev–Trinajstić information content (AvgIpc) is 2.52. The summed E-state index contributed by atoms with van der Waals surface area (Å²) >= 11 is 0. The Hall–Kier alpha value is -1.64. The molecule has 0 spiro atoms. The lowest BCUT2D eigenvalue weighted by Crippen LogP contribution is -2.11. The third-order valence-corrected chi connectivity index (χ3v) is 4.30. The quantitative estimate of drug-likeness (QED) is 0.723. The second-order valence-electron chi connectivity index (χ2n) is 6.23. The maximum atomic E-state index is 12.1. The number of hydrogen-bond donors (Lipinski definition) is 1. The Bertz CT molecular complexity index is 479. The maximum absolute atomic E-state index is 12.1. The van der Waals surface area contributed by atoms with E-state index in [1.807, 2.05) is 24.3 Å². The minimum absolute atomic E-state index is 0.0696. The topological polar surface area (TPSA) is 46.2 Å². The lowest BCUT2D eigenvalue weighted by molar-refractivity contribution is -0.116. The average molecular weight is 301 g/mol. The van der Waals surface area contributed by atoms with Crippen molar-refractivity contribution in [3.63, 3.8) is 0 Å². The molecule has 2 heterocycles. The molecule has 3 nitrogen and oxygen atoms in total. The number of ketones is 1. The summed E-state index contributed by atoms with van der Waals surface area (Å²) in [5.74, 6) is 0.277. The number of hydrogen-bond acceptors (Lipinski definition) is 2. The highest BCUT2D eigenvalue weighted by Crippen LogP contribution is 2.16. The number of Topliss-reactive ketones (excluding diaryl/α,β-unsaturated/α-hetero) is 1. The molecule has 3 rings (SSSR count). The van der Waals surface area contributed by atoms with E-state index in [0.717, 1.165) is 36.9 Å². The molecule has 1 aromatic carbocycles. The van der Waals surface area contributed by atoms with E-state index in [1.165, 1.54) is 32.1 Å². The van der Waals surface area contributed by atoms with Crippen LogP contribution in [0.4, 0.5) is 5.69 Å². The molecule has 2 aliphatic heterocycles. The van der Waals surface area contributed by atoms with Gasteiger partial charge in [0.15, 0.2) is 5.78 Å². The van der Waals surface area contributed by atoms with Gasteiger partial charge in [0.2, 0.25) is 5.91 Å². The first-order valence-corrected chi connectivity index (χ1v) is 8.69. The zero-order chi connectivity index (χ0) is 15.6. The lowest BCUT2D eigenvalue weighted by atomic mass is 10.0. The molecule has 0 saturated carbocycles. The molecule has 2 bridgehead atoms. The molecule has 0 fully saturated rings. The van der Waals surface area contributed by atoms with E-state index in [-0.39, 0.29) is 11.7 Å². The van der Waals surface area contributed by atoms with Crippen LogP contribution in [-0.4, -0.2) is 11.7 Å². The summed E-state index contributed by atoms with van der Waals surface area (Å²) < 4.78 is 0. The van der Waals surface area contributed by atoms with Crippen molar-refractivity contribution in [2.24, 2.45) is 0 Å². The van der Waals surface area contributed by atoms with E-state index < -0.39 is 0 Å². The number of amides is 1. The van der Waals surface area contributed by atoms with E-state index in [4.69, 9.17) is 0 Å². The Labute approximate surface area is 133 Å². The van der Waals surface area contributed by atoms with Gasteiger partial charge in [-0.3, -0.25) is 9.59 Å². The molecule has 1 aromatic rings. The highest BCUT2D eigenvalue weighted by Gasteiger charge is 2.07. The van der Waals surface area contributed by atoms with Gasteiger partial charge in [-0.25, -0.2) is 0 Å². The van der Waals surface area contributed by atoms with Crippen LogP contribution in [0.1, 0.15) is 81.0 Å². The van der Waals surface area contributed by atoms with Crippen LogP contribution in [0.5, 0.6) is 0 Å². The molecule has 22 heavy (non-hydrogen) atoms. The predicted molar refractivity (Wildman–Crippen MR) is 90.2 cm³/mol. The van der Waals surface area contributed by atoms with Crippen LogP contribution in [0, 0.1) is 0 Å². The molecular weight excluding hydrogens is 274 g/mol. The number of anilines is 1. The van der Waals surface area contributed by atoms with Gasteiger partial charge in [-0.15, -0.1) is 0 Å². The fourth-order valence-electron chi connectivity index (χ4n) is 2.92. The van der Waals surface area contributed by atoms with Gasteiger partial charge in [-0.1, -0.05) is 44.9 Å². The Kier molecular flexibility index (Phi) is 7.14. The molecule has 0 saturated heterocycles. The second-order valence-corrected chi connectivity index (χ2v) is 6.23. The van der Waals surface area contributed by atoms with Crippen LogP contribution in [0.3, 0.4) is 0 Å². The van der Waals surface area contributed by atoms with E-state index in [9.17, 15) is 9.59 Å². The lowest BCUT2D eigenvalue weighted by Gasteiger charge is -2.08. The summed E-state index contributed by atoms with van der Waals surface area (Å²) in [6.45, 7) is 0. The van der Waals surface area contributed by atoms with E-state index in [0.29, 0.717) is 12.8 Å². The van der Waals surface area contributed by atoms with Crippen molar-refractivity contribution in [2.75, 3.05) is 5.32 Å². The summed E-state index contributed by atoms with van der Waals surface area (Å²) in [6, 6.07) is 7.30. The normalized spacial score (nSPS) is 19.3. The molecule has 120 valence electrons. The molecule has 0 radical (unpaired) electrons. The van der Waals surface area contributed by atoms with Crippen molar-refractivity contribution in [1.29, 1.82) is 0 Å². The maximum Gasteiger partial charge on any atom is 0.224 e. The Morgan fingerprint density at radius 1 is 0.636 bits per heavy atom. The molecule has 3 heteroatoms. The minimum Gasteiger partial charge on any atom is -0.326 e. The first kappa shape index (κ1) is 16.7. The van der Waals surface area contributed by atoms with E-state index in [1.54, 1.807) is 0 Å². The summed E-state index contributed by atoms with van der Waals surface area (Å²) in [6.07, 6.45) is 11.7. The molecule has 1 N–H and O–H groups in total. The summed E-state index contributed by atoms with van der Waals surface area (Å²) in [5, 5.41) is 2.90. The van der Waals surface area contributed by atoms with Crippen molar-refractivity contribution in [3.8, 4) is 0 Å². The van der Waals surface area contributed by atoms with Gasteiger partial charge in [-0.2, -0.15) is 0 Å². The van der Waals surface area contributed by atoms with E-state index in [2.05, 4.69) is 5.32 Å². The van der Waals surface area contributed by atoms with Crippen molar-refractivity contribution in [3.05, 3.63) is 29.8 Å². The highest BCUT2D eigenvalue weighted by molar-refractivity contribution is 5.97. The van der Waals surface area contributed by atoms with Crippen LogP contribution in [0.2, 0.25) is 0 Å². The number of carbonyl (C=O) groups is 2. The largest absolute Gasteiger partial charge is 0.326 e. The molecule has 0 atom stereocenters. The number of benzene rings is 1. The van der Waals surface area contributed by atoms with Crippen LogP contribution < -0.4 is 5.32 Å². The second kappa shape index (κ2) is 9.39. The van der Waals surface area contributed by atoms with Gasteiger partial charge in [0.05, 0.1) is 0 Å². The smallest absolute Gasteiger partial charge is 0.224 e. The Balaban J connectivity index is 1.94. The van der Waals surface area contributed by atoms with Crippen LogP contribution >= 0.6 is 0 Å². The van der Waals surface area contributed by atoms with Crippen LogP contribution in [0.25, 0.3) is 0 Å². The number of carbonyl (C=O) groups excluding carboxylic acids is 2. The molecule has 0 aromatic heterocycles. The number of nitrogens with one attached hydrogen (secondary N) is 1. The van der Waals surface area contributed by atoms with Crippen molar-refractivity contribution < 1.29 is 9.59 Å². The summed E-state index contributed by atoms with van der Waals surface area (Å²) in [4.78, 5) is 23.9. The standard InChI is InChI=1S/C19H27NO2/c21-18-10-8-6-4-2-1-3-5-7-9-11-19(22)20-17-14-12-16(18)13-15-17/h12-15H,1-11H2,(H,20,22). The number of fused-ring (bicyclic) bond motifs is 15. The van der Waals surface area contributed by atoms with E-state index >= 15 is 0 Å². The molecular formula is C19H27NO2. The Morgan fingerprint density at radius 3 is 1.73 bits per heavy atom. The minimum atomic E-state index is 0.0696. The van der Waals surface area contributed by atoms with Gasteiger partial charge in [0, 0.05) is 24.1 Å². The van der Waals surface area contributed by atoms with Crippen molar-refractivity contribution in [1.82, 2.24) is 0 Å². The molecule has 0 aliphatic carbocycles. The fourth-order valence-corrected chi connectivity index (χ4v) is 2.92. The molecule has 1 amide bonds. The van der Waals surface area contributed by atoms with Crippen molar-refractivity contribution in [2.45, 2.75) is 70.6 Å². The van der Waals surface area contributed by atoms with Gasteiger partial charge >= 0.3 is 0 Å². The molecule has 2 aliphatic rings. The summed E-state index contributed by atoms with van der Waals surface area (Å²) in [7, 11) is 0. The molecule has 0 unspecified atom stereocenters. The SMILES string of the molecule is O=C1CCCCCCCCCCCC(=O)c2ccc(cc2)N1. The highest BCUT2D eigenvalue weighted by atomic mass is 16.1. The third kappa shape index (κ3) is 6.00.